The van der Waals surface area contributed by atoms with Crippen LogP contribution < -0.4 is 0 Å². The van der Waals surface area contributed by atoms with E-state index in [1.165, 1.54) is 13.2 Å². The topological polar surface area (TPSA) is 43.4 Å². The Balaban J connectivity index is 2.49. The van der Waals surface area contributed by atoms with Crippen LogP contribution in [0.25, 0.3) is 6.08 Å². The number of fused-ring (bicyclic) bond motifs is 1. The molecule has 0 unspecified atom stereocenters. The first kappa shape index (κ1) is 9.93. The van der Waals surface area contributed by atoms with E-state index in [-0.39, 0.29) is 11.4 Å². The van der Waals surface area contributed by atoms with Gasteiger partial charge >= 0.3 is 5.97 Å². The van der Waals surface area contributed by atoms with Gasteiger partial charge in [0.05, 0.1) is 7.11 Å². The van der Waals surface area contributed by atoms with Crippen LogP contribution in [-0.2, 0) is 9.53 Å². The van der Waals surface area contributed by atoms with Gasteiger partial charge in [-0.2, -0.15) is 0 Å². The van der Waals surface area contributed by atoms with Gasteiger partial charge in [0, 0.05) is 10.6 Å². The molecule has 0 bridgehead atoms. The summed E-state index contributed by atoms with van der Waals surface area (Å²) in [6, 6.07) is 4.86. The lowest BCUT2D eigenvalue weighted by atomic mass is 10.1. The van der Waals surface area contributed by atoms with Crippen molar-refractivity contribution < 1.29 is 14.3 Å². The number of hydrogen-bond donors (Lipinski definition) is 0. The van der Waals surface area contributed by atoms with Gasteiger partial charge in [0.15, 0.2) is 0 Å². The van der Waals surface area contributed by atoms with E-state index in [0.717, 1.165) is 0 Å². The third kappa shape index (κ3) is 1.55. The lowest BCUT2D eigenvalue weighted by Crippen LogP contribution is -2.10. The van der Waals surface area contributed by atoms with Crippen LogP contribution in [0.1, 0.15) is 15.9 Å². The van der Waals surface area contributed by atoms with E-state index in [0.29, 0.717) is 16.1 Å². The first-order valence-corrected chi connectivity index (χ1v) is 4.65. The average molecular weight is 223 g/mol. The monoisotopic (exact) mass is 222 g/mol. The predicted molar refractivity (Wildman–Crippen MR) is 55.8 cm³/mol. The number of ether oxygens (including phenoxy) is 1. The lowest BCUT2D eigenvalue weighted by Gasteiger charge is -1.98. The maximum atomic E-state index is 11.7. The minimum absolute atomic E-state index is 0.0507. The SMILES string of the molecule is COC(=O)C1=Cc2cc(Cl)ccc2C1=O. The fraction of sp³-hybridized carbons (Fsp3) is 0.0909. The molecule has 1 aliphatic carbocycles. The minimum Gasteiger partial charge on any atom is -0.465 e. The van der Waals surface area contributed by atoms with Gasteiger partial charge in [0.1, 0.15) is 5.57 Å². The fourth-order valence-corrected chi connectivity index (χ4v) is 1.67. The number of halogens is 1. The molecular weight excluding hydrogens is 216 g/mol. The smallest absolute Gasteiger partial charge is 0.341 e. The van der Waals surface area contributed by atoms with E-state index < -0.39 is 5.97 Å². The quantitative estimate of drug-likeness (QED) is 0.540. The maximum Gasteiger partial charge on any atom is 0.341 e. The summed E-state index contributed by atoms with van der Waals surface area (Å²) in [5.41, 5.74) is 1.20. The summed E-state index contributed by atoms with van der Waals surface area (Å²) < 4.78 is 4.50. The summed E-state index contributed by atoms with van der Waals surface area (Å²) in [5.74, 6) is -0.930. The van der Waals surface area contributed by atoms with E-state index >= 15 is 0 Å². The van der Waals surface area contributed by atoms with Crippen molar-refractivity contribution in [2.75, 3.05) is 7.11 Å². The Bertz CT molecular complexity index is 489. The second kappa shape index (κ2) is 3.51. The standard InChI is InChI=1S/C11H7ClO3/c1-15-11(14)9-5-6-4-7(12)2-3-8(6)10(9)13/h2-5H,1H3. The predicted octanol–water partition coefficient (Wildman–Crippen LogP) is 2.09. The first-order chi connectivity index (χ1) is 7.13. The van der Waals surface area contributed by atoms with Crippen LogP contribution in [0.2, 0.25) is 5.02 Å². The molecule has 0 aromatic heterocycles. The van der Waals surface area contributed by atoms with Gasteiger partial charge in [0.25, 0.3) is 0 Å². The molecule has 1 aromatic rings. The average Bonchev–Trinajstić information content (AvgIpc) is 2.54. The van der Waals surface area contributed by atoms with Crippen LogP contribution in [-0.4, -0.2) is 18.9 Å². The molecule has 0 saturated heterocycles. The van der Waals surface area contributed by atoms with Crippen molar-refractivity contribution >= 4 is 29.4 Å². The molecule has 4 heteroatoms. The molecule has 2 rings (SSSR count). The normalized spacial score (nSPS) is 13.5. The summed E-state index contributed by atoms with van der Waals surface area (Å²) in [7, 11) is 1.24. The Labute approximate surface area is 91.3 Å². The van der Waals surface area contributed by atoms with Crippen molar-refractivity contribution in [1.82, 2.24) is 0 Å². The van der Waals surface area contributed by atoms with Crippen molar-refractivity contribution in [1.29, 1.82) is 0 Å². The third-order valence-corrected chi connectivity index (χ3v) is 2.44. The highest BCUT2D eigenvalue weighted by Gasteiger charge is 2.28. The van der Waals surface area contributed by atoms with E-state index in [2.05, 4.69) is 4.74 Å². The van der Waals surface area contributed by atoms with Crippen LogP contribution in [0.3, 0.4) is 0 Å². The first-order valence-electron chi connectivity index (χ1n) is 4.27. The molecule has 1 aliphatic rings. The summed E-state index contributed by atoms with van der Waals surface area (Å²) in [5, 5.41) is 0.531. The van der Waals surface area contributed by atoms with Crippen molar-refractivity contribution in [3.05, 3.63) is 39.9 Å². The van der Waals surface area contributed by atoms with E-state index in [9.17, 15) is 9.59 Å². The number of Topliss-reactive ketones (excluding diaryl/α,β-unsaturated/α-hetero) is 1. The van der Waals surface area contributed by atoms with Crippen LogP contribution in [0.5, 0.6) is 0 Å². The summed E-state index contributed by atoms with van der Waals surface area (Å²) >= 11 is 5.78. The maximum absolute atomic E-state index is 11.7. The number of hydrogen-bond acceptors (Lipinski definition) is 3. The summed E-state index contributed by atoms with van der Waals surface area (Å²) in [6.45, 7) is 0. The molecule has 3 nitrogen and oxygen atoms in total. The van der Waals surface area contributed by atoms with Crippen molar-refractivity contribution in [3.63, 3.8) is 0 Å². The van der Waals surface area contributed by atoms with Crippen molar-refractivity contribution in [2.45, 2.75) is 0 Å². The van der Waals surface area contributed by atoms with Crippen LogP contribution in [0.15, 0.2) is 23.8 Å². The summed E-state index contributed by atoms with van der Waals surface area (Å²) in [6.07, 6.45) is 1.50. The Morgan fingerprint density at radius 1 is 1.40 bits per heavy atom. The summed E-state index contributed by atoms with van der Waals surface area (Å²) in [4.78, 5) is 22.9. The molecule has 0 aliphatic heterocycles. The Hall–Kier alpha value is -1.61. The molecule has 0 amide bonds. The molecule has 0 fully saturated rings. The Morgan fingerprint density at radius 3 is 2.80 bits per heavy atom. The molecule has 15 heavy (non-hydrogen) atoms. The molecule has 0 radical (unpaired) electrons. The zero-order valence-electron chi connectivity index (χ0n) is 7.91. The molecular formula is C11H7ClO3. The molecule has 0 spiro atoms. The van der Waals surface area contributed by atoms with Gasteiger partial charge in [-0.15, -0.1) is 0 Å². The number of methoxy groups -OCH3 is 1. The molecule has 0 heterocycles. The molecule has 0 N–H and O–H groups in total. The second-order valence-electron chi connectivity index (χ2n) is 3.11. The second-order valence-corrected chi connectivity index (χ2v) is 3.55. The zero-order chi connectivity index (χ0) is 11.0. The van der Waals surface area contributed by atoms with Gasteiger partial charge < -0.3 is 4.74 Å². The van der Waals surface area contributed by atoms with Gasteiger partial charge in [0.2, 0.25) is 5.78 Å². The van der Waals surface area contributed by atoms with Crippen molar-refractivity contribution in [2.24, 2.45) is 0 Å². The highest BCUT2D eigenvalue weighted by Crippen LogP contribution is 2.27. The lowest BCUT2D eigenvalue weighted by molar-refractivity contribution is -0.135. The van der Waals surface area contributed by atoms with E-state index in [1.807, 2.05) is 0 Å². The van der Waals surface area contributed by atoms with Crippen LogP contribution >= 0.6 is 11.6 Å². The molecule has 0 saturated carbocycles. The number of rotatable bonds is 1. The molecule has 1 aromatic carbocycles. The number of carbonyl (C=O) groups excluding carboxylic acids is 2. The van der Waals surface area contributed by atoms with Gasteiger partial charge in [-0.1, -0.05) is 11.6 Å². The van der Waals surface area contributed by atoms with Gasteiger partial charge in [-0.05, 0) is 29.8 Å². The number of benzene rings is 1. The van der Waals surface area contributed by atoms with E-state index in [1.54, 1.807) is 18.2 Å². The Kier molecular flexibility index (Phi) is 2.32. The number of carbonyl (C=O) groups is 2. The van der Waals surface area contributed by atoms with Crippen molar-refractivity contribution in [3.8, 4) is 0 Å². The minimum atomic E-state index is -0.618. The highest BCUT2D eigenvalue weighted by atomic mass is 35.5. The zero-order valence-corrected chi connectivity index (χ0v) is 8.67. The Morgan fingerprint density at radius 2 is 2.13 bits per heavy atom. The largest absolute Gasteiger partial charge is 0.465 e. The van der Waals surface area contributed by atoms with Crippen LogP contribution in [0, 0.1) is 0 Å². The highest BCUT2D eigenvalue weighted by molar-refractivity contribution is 6.33. The molecule has 76 valence electrons. The number of ketones is 1. The fourth-order valence-electron chi connectivity index (χ4n) is 1.49. The van der Waals surface area contributed by atoms with Gasteiger partial charge in [-0.3, -0.25) is 4.79 Å². The molecule has 0 atom stereocenters. The van der Waals surface area contributed by atoms with E-state index in [4.69, 9.17) is 11.6 Å². The number of esters is 1. The third-order valence-electron chi connectivity index (χ3n) is 2.21. The van der Waals surface area contributed by atoms with Crippen LogP contribution in [0.4, 0.5) is 0 Å². The van der Waals surface area contributed by atoms with Gasteiger partial charge in [-0.25, -0.2) is 4.79 Å².